The van der Waals surface area contributed by atoms with Crippen LogP contribution in [0.5, 0.6) is 11.5 Å². The summed E-state index contributed by atoms with van der Waals surface area (Å²) in [5.74, 6) is 0.567. The van der Waals surface area contributed by atoms with Gasteiger partial charge in [-0.15, -0.1) is 0 Å². The molecule has 1 amide bonds. The number of fused-ring (bicyclic) bond motifs is 2. The Balaban J connectivity index is 2.04. The van der Waals surface area contributed by atoms with E-state index in [9.17, 15) is 13.2 Å². The Labute approximate surface area is 128 Å². The third-order valence-corrected chi connectivity index (χ3v) is 3.74. The molecule has 2 aromatic carbocycles. The van der Waals surface area contributed by atoms with Gasteiger partial charge in [-0.2, -0.15) is 0 Å². The first-order valence-electron chi connectivity index (χ1n) is 6.53. The molecule has 0 saturated heterocycles. The van der Waals surface area contributed by atoms with E-state index in [1.54, 1.807) is 18.2 Å². The summed E-state index contributed by atoms with van der Waals surface area (Å²) >= 11 is 0. The van der Waals surface area contributed by atoms with E-state index in [0.717, 1.165) is 11.8 Å². The fourth-order valence-electron chi connectivity index (χ4n) is 2.21. The highest BCUT2D eigenvalue weighted by molar-refractivity contribution is 7.92. The van der Waals surface area contributed by atoms with Gasteiger partial charge in [0.2, 0.25) is 10.0 Å². The van der Waals surface area contributed by atoms with Crippen LogP contribution in [0.1, 0.15) is 15.9 Å². The Kier molecular flexibility index (Phi) is 3.29. The summed E-state index contributed by atoms with van der Waals surface area (Å²) < 4.78 is 30.7. The molecule has 2 N–H and O–H groups in total. The molecule has 0 atom stereocenters. The van der Waals surface area contributed by atoms with Gasteiger partial charge in [0.25, 0.3) is 5.91 Å². The van der Waals surface area contributed by atoms with E-state index in [0.29, 0.717) is 22.9 Å². The Bertz CT molecular complexity index is 875. The van der Waals surface area contributed by atoms with Gasteiger partial charge >= 0.3 is 0 Å². The van der Waals surface area contributed by atoms with Crippen LogP contribution in [-0.2, 0) is 10.0 Å². The zero-order valence-corrected chi connectivity index (χ0v) is 12.8. The van der Waals surface area contributed by atoms with E-state index < -0.39 is 10.0 Å². The van der Waals surface area contributed by atoms with Gasteiger partial charge in [-0.1, -0.05) is 6.07 Å². The van der Waals surface area contributed by atoms with Gasteiger partial charge in [-0.3, -0.25) is 9.52 Å². The van der Waals surface area contributed by atoms with E-state index in [2.05, 4.69) is 10.0 Å². The number of carbonyl (C=O) groups is 1. The average molecular weight is 318 g/mol. The normalized spacial score (nSPS) is 13.3. The maximum Gasteiger partial charge on any atom is 0.259 e. The van der Waals surface area contributed by atoms with Crippen LogP contribution >= 0.6 is 0 Å². The lowest BCUT2D eigenvalue weighted by Gasteiger charge is -2.09. The molecule has 114 valence electrons. The maximum absolute atomic E-state index is 12.3. The first kappa shape index (κ1) is 14.4. The standard InChI is InChI=1S/C15H14N2O4S/c1-9-3-5-14-12(7-9)16-15(18)11-8-10(17-22(2,19)20)4-6-13(11)21-14/h3-8,17H,1-2H3,(H,16,18). The third kappa shape index (κ3) is 2.89. The number of hydrogen-bond donors (Lipinski definition) is 2. The summed E-state index contributed by atoms with van der Waals surface area (Å²) in [6.07, 6.45) is 1.05. The molecular weight excluding hydrogens is 304 g/mol. The zero-order chi connectivity index (χ0) is 15.9. The highest BCUT2D eigenvalue weighted by atomic mass is 32.2. The first-order valence-corrected chi connectivity index (χ1v) is 8.43. The molecule has 0 radical (unpaired) electrons. The molecule has 0 fully saturated rings. The third-order valence-electron chi connectivity index (χ3n) is 3.13. The summed E-state index contributed by atoms with van der Waals surface area (Å²) in [5.41, 5.74) is 2.15. The molecule has 1 heterocycles. The van der Waals surface area contributed by atoms with Gasteiger partial charge in [0.1, 0.15) is 5.75 Å². The van der Waals surface area contributed by atoms with Crippen molar-refractivity contribution in [1.82, 2.24) is 0 Å². The summed E-state index contributed by atoms with van der Waals surface area (Å²) in [6.45, 7) is 1.92. The number of carbonyl (C=O) groups excluding carboxylic acids is 1. The van der Waals surface area contributed by atoms with Gasteiger partial charge in [0.15, 0.2) is 5.75 Å². The second-order valence-corrected chi connectivity index (χ2v) is 6.89. The van der Waals surface area contributed by atoms with Crippen LogP contribution in [0.25, 0.3) is 0 Å². The van der Waals surface area contributed by atoms with Crippen LogP contribution < -0.4 is 14.8 Å². The number of hydrogen-bond acceptors (Lipinski definition) is 4. The molecule has 22 heavy (non-hydrogen) atoms. The molecule has 0 saturated carbocycles. The van der Waals surface area contributed by atoms with Crippen LogP contribution in [0.4, 0.5) is 11.4 Å². The van der Waals surface area contributed by atoms with Crippen molar-refractivity contribution in [3.63, 3.8) is 0 Å². The van der Waals surface area contributed by atoms with Crippen molar-refractivity contribution < 1.29 is 17.9 Å². The number of anilines is 2. The van der Waals surface area contributed by atoms with Crippen LogP contribution in [0, 0.1) is 6.92 Å². The predicted octanol–water partition coefficient (Wildman–Crippen LogP) is 2.72. The minimum atomic E-state index is -3.41. The van der Waals surface area contributed by atoms with Crippen molar-refractivity contribution in [3.05, 3.63) is 47.5 Å². The number of aryl methyl sites for hydroxylation is 1. The average Bonchev–Trinajstić information content (AvgIpc) is 2.53. The minimum Gasteiger partial charge on any atom is -0.454 e. The van der Waals surface area contributed by atoms with E-state index in [-0.39, 0.29) is 11.5 Å². The Morgan fingerprint density at radius 3 is 2.55 bits per heavy atom. The molecular formula is C15H14N2O4S. The van der Waals surface area contributed by atoms with Crippen molar-refractivity contribution in [1.29, 1.82) is 0 Å². The molecule has 6 nitrogen and oxygen atoms in total. The lowest BCUT2D eigenvalue weighted by molar-refractivity contribution is 0.102. The topological polar surface area (TPSA) is 84.5 Å². The van der Waals surface area contributed by atoms with Gasteiger partial charge in [0.05, 0.1) is 17.5 Å². The van der Waals surface area contributed by atoms with Crippen molar-refractivity contribution in [2.75, 3.05) is 16.3 Å². The lowest BCUT2D eigenvalue weighted by Crippen LogP contribution is -2.13. The van der Waals surface area contributed by atoms with Gasteiger partial charge in [-0.05, 0) is 42.8 Å². The first-order chi connectivity index (χ1) is 10.3. The smallest absolute Gasteiger partial charge is 0.259 e. The summed E-state index contributed by atoms with van der Waals surface area (Å²) in [6, 6.07) is 10.0. The van der Waals surface area contributed by atoms with Crippen LogP contribution in [0.2, 0.25) is 0 Å². The molecule has 2 aromatic rings. The molecule has 7 heteroatoms. The Hall–Kier alpha value is -2.54. The van der Waals surface area contributed by atoms with Gasteiger partial charge in [-0.25, -0.2) is 8.42 Å². The van der Waals surface area contributed by atoms with Crippen LogP contribution in [0.15, 0.2) is 36.4 Å². The van der Waals surface area contributed by atoms with Crippen molar-refractivity contribution >= 4 is 27.3 Å². The summed E-state index contributed by atoms with van der Waals surface area (Å²) in [5, 5.41) is 2.77. The molecule has 0 bridgehead atoms. The monoisotopic (exact) mass is 318 g/mol. The quantitative estimate of drug-likeness (QED) is 0.891. The van der Waals surface area contributed by atoms with E-state index in [4.69, 9.17) is 4.74 Å². The molecule has 0 unspecified atom stereocenters. The largest absolute Gasteiger partial charge is 0.454 e. The summed E-state index contributed by atoms with van der Waals surface area (Å²) in [4.78, 5) is 12.3. The fourth-order valence-corrected chi connectivity index (χ4v) is 2.77. The predicted molar refractivity (Wildman–Crippen MR) is 84.1 cm³/mol. The number of sulfonamides is 1. The highest BCUT2D eigenvalue weighted by Crippen LogP contribution is 2.37. The van der Waals surface area contributed by atoms with Crippen molar-refractivity contribution in [3.8, 4) is 11.5 Å². The number of nitrogens with one attached hydrogen (secondary N) is 2. The van der Waals surface area contributed by atoms with Crippen LogP contribution in [0.3, 0.4) is 0 Å². The van der Waals surface area contributed by atoms with E-state index in [1.165, 1.54) is 6.07 Å². The Morgan fingerprint density at radius 2 is 1.82 bits per heavy atom. The highest BCUT2D eigenvalue weighted by Gasteiger charge is 2.21. The number of ether oxygens (including phenoxy) is 1. The zero-order valence-electron chi connectivity index (χ0n) is 12.0. The Morgan fingerprint density at radius 1 is 1.09 bits per heavy atom. The number of rotatable bonds is 2. The number of amides is 1. The fraction of sp³-hybridized carbons (Fsp3) is 0.133. The van der Waals surface area contributed by atoms with Gasteiger partial charge in [0, 0.05) is 5.69 Å². The molecule has 3 rings (SSSR count). The number of benzene rings is 2. The minimum absolute atomic E-state index is 0.266. The summed E-state index contributed by atoms with van der Waals surface area (Å²) in [7, 11) is -3.41. The van der Waals surface area contributed by atoms with Crippen molar-refractivity contribution in [2.45, 2.75) is 6.92 Å². The van der Waals surface area contributed by atoms with Crippen molar-refractivity contribution in [2.24, 2.45) is 0 Å². The SMILES string of the molecule is Cc1ccc2c(c1)NC(=O)c1cc(NS(C)(=O)=O)ccc1O2. The van der Waals surface area contributed by atoms with Crippen LogP contribution in [-0.4, -0.2) is 20.6 Å². The molecule has 0 spiro atoms. The van der Waals surface area contributed by atoms with Gasteiger partial charge < -0.3 is 10.1 Å². The van der Waals surface area contributed by atoms with E-state index >= 15 is 0 Å². The second-order valence-electron chi connectivity index (χ2n) is 5.14. The van der Waals surface area contributed by atoms with E-state index in [1.807, 2.05) is 19.1 Å². The lowest BCUT2D eigenvalue weighted by atomic mass is 10.1. The molecule has 1 aliphatic rings. The molecule has 0 aliphatic carbocycles. The second kappa shape index (κ2) is 5.03. The molecule has 0 aromatic heterocycles. The maximum atomic E-state index is 12.3. The molecule has 1 aliphatic heterocycles.